The molecule has 1 aliphatic carbocycles. The van der Waals surface area contributed by atoms with Crippen molar-refractivity contribution in [1.82, 2.24) is 0 Å². The molecule has 0 fully saturated rings. The Hall–Kier alpha value is -3.63. The number of carbonyl (C=O) groups excluding carboxylic acids is 1. The fourth-order valence-electron chi connectivity index (χ4n) is 5.25. The number of nitrogens with one attached hydrogen (secondary N) is 1. The number of carbonyl (C=O) groups is 1. The molecule has 2 aliphatic rings. The van der Waals surface area contributed by atoms with Crippen LogP contribution in [0.1, 0.15) is 43.7 Å². The van der Waals surface area contributed by atoms with Crippen LogP contribution in [0.4, 0.5) is 5.69 Å². The van der Waals surface area contributed by atoms with Gasteiger partial charge in [-0.1, -0.05) is 92.2 Å². The van der Waals surface area contributed by atoms with Gasteiger partial charge in [-0.05, 0) is 35.6 Å². The normalized spacial score (nSPS) is 21.1. The van der Waals surface area contributed by atoms with Gasteiger partial charge in [-0.25, -0.2) is 0 Å². The zero-order chi connectivity index (χ0) is 24.7. The molecule has 0 saturated heterocycles. The van der Waals surface area contributed by atoms with E-state index in [4.69, 9.17) is 11.6 Å². The second kappa shape index (κ2) is 8.86. The zero-order valence-corrected chi connectivity index (χ0v) is 20.5. The molecule has 1 atom stereocenters. The molecule has 0 spiro atoms. The maximum Gasteiger partial charge on any atom is 0.162 e. The molecule has 0 radical (unpaired) electrons. The molecule has 0 aromatic heterocycles. The van der Waals surface area contributed by atoms with E-state index in [1.54, 1.807) is 6.07 Å². The lowest BCUT2D eigenvalue weighted by molar-refractivity contribution is -0.118. The van der Waals surface area contributed by atoms with Crippen LogP contribution in [-0.2, 0) is 4.79 Å². The maximum atomic E-state index is 13.8. The Morgan fingerprint density at radius 1 is 0.943 bits per heavy atom. The second-order valence-electron chi connectivity index (χ2n) is 9.90. The Balaban J connectivity index is 1.87. The minimum atomic E-state index is -0.644. The first-order valence-corrected chi connectivity index (χ1v) is 12.1. The summed E-state index contributed by atoms with van der Waals surface area (Å²) in [6, 6.07) is 26.2. The van der Waals surface area contributed by atoms with Crippen LogP contribution in [0.25, 0.3) is 5.76 Å². The van der Waals surface area contributed by atoms with Crippen molar-refractivity contribution in [2.75, 3.05) is 4.90 Å². The van der Waals surface area contributed by atoms with Gasteiger partial charge in [-0.2, -0.15) is 0 Å². The van der Waals surface area contributed by atoms with Crippen LogP contribution in [-0.4, -0.2) is 16.7 Å². The van der Waals surface area contributed by atoms with E-state index in [9.17, 15) is 15.3 Å². The van der Waals surface area contributed by atoms with E-state index in [2.05, 4.69) is 13.8 Å². The van der Waals surface area contributed by atoms with Crippen LogP contribution >= 0.6 is 11.6 Å². The molecule has 0 bridgehead atoms. The van der Waals surface area contributed by atoms with Crippen molar-refractivity contribution in [2.45, 2.75) is 32.6 Å². The first-order chi connectivity index (χ1) is 16.8. The number of allylic oxidation sites excluding steroid dienone is 2. The number of aliphatic hydroxyl groups is 1. The number of para-hydroxylation sites is 1. The number of hydrogen-bond donors (Lipinski definition) is 2. The quantitative estimate of drug-likeness (QED) is 0.379. The van der Waals surface area contributed by atoms with Crippen molar-refractivity contribution >= 4 is 34.7 Å². The number of ketones is 1. The van der Waals surface area contributed by atoms with Gasteiger partial charge in [0.15, 0.2) is 5.78 Å². The maximum absolute atomic E-state index is 13.8. The van der Waals surface area contributed by atoms with Gasteiger partial charge in [0, 0.05) is 45.5 Å². The Morgan fingerprint density at radius 2 is 1.54 bits per heavy atom. The number of nitrogens with zero attached hydrogens (tertiary/aromatic N) is 1. The van der Waals surface area contributed by atoms with Crippen molar-refractivity contribution in [1.29, 1.82) is 5.41 Å². The van der Waals surface area contributed by atoms with Gasteiger partial charge in [0.25, 0.3) is 0 Å². The Labute approximate surface area is 210 Å². The molecule has 176 valence electrons. The number of Topliss-reactive ketones (excluding diaryl/α,β-unsaturated/α-hetero) is 1. The van der Waals surface area contributed by atoms with Gasteiger partial charge in [-0.3, -0.25) is 15.1 Å². The van der Waals surface area contributed by atoms with Crippen molar-refractivity contribution in [2.24, 2.45) is 5.41 Å². The van der Waals surface area contributed by atoms with Crippen LogP contribution in [0.2, 0.25) is 5.02 Å². The number of hydrogen-bond acceptors (Lipinski definition) is 3. The lowest BCUT2D eigenvalue weighted by Crippen LogP contribution is -2.45. The van der Waals surface area contributed by atoms with Crippen LogP contribution in [0, 0.1) is 10.8 Å². The number of amidine groups is 1. The molecule has 3 aromatic rings. The molecule has 1 heterocycles. The monoisotopic (exact) mass is 482 g/mol. The fraction of sp³-hybridized carbons (Fsp3) is 0.200. The van der Waals surface area contributed by atoms with E-state index < -0.39 is 5.92 Å². The number of benzene rings is 3. The first-order valence-electron chi connectivity index (χ1n) is 11.7. The molecule has 3 aromatic carbocycles. The van der Waals surface area contributed by atoms with Gasteiger partial charge < -0.3 is 5.11 Å². The molecule has 2 N–H and O–H groups in total. The zero-order valence-electron chi connectivity index (χ0n) is 19.8. The van der Waals surface area contributed by atoms with Crippen molar-refractivity contribution < 1.29 is 9.90 Å². The van der Waals surface area contributed by atoms with Crippen molar-refractivity contribution in [3.63, 3.8) is 0 Å². The summed E-state index contributed by atoms with van der Waals surface area (Å²) in [6.45, 7) is 4.16. The van der Waals surface area contributed by atoms with E-state index in [-0.39, 0.29) is 22.8 Å². The van der Waals surface area contributed by atoms with Gasteiger partial charge in [0.2, 0.25) is 0 Å². The Kier molecular flexibility index (Phi) is 5.86. The molecular weight excluding hydrogens is 456 g/mol. The van der Waals surface area contributed by atoms with Crippen molar-refractivity contribution in [3.05, 3.63) is 118 Å². The van der Waals surface area contributed by atoms with E-state index in [1.165, 1.54) is 0 Å². The minimum Gasteiger partial charge on any atom is -0.507 e. The van der Waals surface area contributed by atoms with E-state index in [0.717, 1.165) is 11.4 Å². The molecule has 5 heteroatoms. The molecule has 0 unspecified atom stereocenters. The average Bonchev–Trinajstić information content (AvgIpc) is 2.84. The van der Waals surface area contributed by atoms with Gasteiger partial charge in [-0.15, -0.1) is 0 Å². The second-order valence-corrected chi connectivity index (χ2v) is 10.3. The molecular formula is C30H27ClN2O2. The minimum absolute atomic E-state index is 0.0213. The summed E-state index contributed by atoms with van der Waals surface area (Å²) in [7, 11) is 0. The van der Waals surface area contributed by atoms with Crippen LogP contribution in [0.15, 0.2) is 102 Å². The van der Waals surface area contributed by atoms with Gasteiger partial charge >= 0.3 is 0 Å². The molecule has 0 saturated carbocycles. The highest BCUT2D eigenvalue weighted by Crippen LogP contribution is 2.52. The smallest absolute Gasteiger partial charge is 0.162 e. The summed E-state index contributed by atoms with van der Waals surface area (Å²) < 4.78 is 0. The summed E-state index contributed by atoms with van der Waals surface area (Å²) in [5, 5.41) is 21.5. The topological polar surface area (TPSA) is 64.4 Å². The molecule has 4 nitrogen and oxygen atoms in total. The number of anilines is 1. The third-order valence-electron chi connectivity index (χ3n) is 6.76. The Bertz CT molecular complexity index is 1370. The van der Waals surface area contributed by atoms with E-state index in [1.807, 2.05) is 83.8 Å². The van der Waals surface area contributed by atoms with Crippen LogP contribution in [0.5, 0.6) is 0 Å². The largest absolute Gasteiger partial charge is 0.507 e. The van der Waals surface area contributed by atoms with Crippen molar-refractivity contribution in [3.8, 4) is 0 Å². The molecule has 1 aliphatic heterocycles. The van der Waals surface area contributed by atoms with E-state index >= 15 is 0 Å². The highest BCUT2D eigenvalue weighted by molar-refractivity contribution is 6.32. The SMILES string of the molecule is CC1(C)CC(=O)C2=C(C1)N(c1ccccc1)C(=N)/C(=C(/O)c1ccccc1)[C@@H]2c1ccccc1Cl. The fourth-order valence-corrected chi connectivity index (χ4v) is 5.49. The number of halogens is 1. The Morgan fingerprint density at radius 3 is 2.20 bits per heavy atom. The van der Waals surface area contributed by atoms with Gasteiger partial charge in [0.05, 0.1) is 0 Å². The highest BCUT2D eigenvalue weighted by Gasteiger charge is 2.47. The van der Waals surface area contributed by atoms with Gasteiger partial charge in [0.1, 0.15) is 11.6 Å². The number of rotatable bonds is 3. The first kappa shape index (κ1) is 23.1. The third-order valence-corrected chi connectivity index (χ3v) is 7.10. The predicted octanol–water partition coefficient (Wildman–Crippen LogP) is 7.53. The lowest BCUT2D eigenvalue weighted by Gasteiger charge is -2.45. The highest BCUT2D eigenvalue weighted by atomic mass is 35.5. The summed E-state index contributed by atoms with van der Waals surface area (Å²) in [5.41, 5.74) is 3.62. The standard InChI is InChI=1S/C30H27ClN2O2/c1-30(2)17-23-26(24(34)18-30)25(21-15-9-10-16-22(21)31)27(28(35)19-11-5-3-6-12-19)29(32)33(23)20-13-7-4-8-14-20/h3-16,25,32,35H,17-18H2,1-2H3/b28-27+,32-29?/t25-/m1/s1. The molecule has 5 rings (SSSR count). The summed E-state index contributed by atoms with van der Waals surface area (Å²) in [6.07, 6.45) is 1.02. The van der Waals surface area contributed by atoms with Crippen LogP contribution in [0.3, 0.4) is 0 Å². The molecule has 0 amide bonds. The average molecular weight is 483 g/mol. The molecule has 35 heavy (non-hydrogen) atoms. The lowest BCUT2D eigenvalue weighted by atomic mass is 9.67. The third kappa shape index (κ3) is 4.08. The predicted molar refractivity (Wildman–Crippen MR) is 142 cm³/mol. The summed E-state index contributed by atoms with van der Waals surface area (Å²) >= 11 is 6.69. The van der Waals surface area contributed by atoms with E-state index in [0.29, 0.717) is 40.1 Å². The summed E-state index contributed by atoms with van der Waals surface area (Å²) in [5.74, 6) is -0.500. The van der Waals surface area contributed by atoms with Crippen LogP contribution < -0.4 is 4.90 Å². The number of aliphatic hydroxyl groups excluding tert-OH is 1. The summed E-state index contributed by atoms with van der Waals surface area (Å²) in [4.78, 5) is 15.7.